The molecule has 6 heteroatoms. The number of hydrogen-bond acceptors (Lipinski definition) is 5. The Kier molecular flexibility index (Phi) is 3.68. The summed E-state index contributed by atoms with van der Waals surface area (Å²) in [4.78, 5) is 17.1. The van der Waals surface area contributed by atoms with Crippen molar-refractivity contribution in [3.63, 3.8) is 0 Å². The van der Waals surface area contributed by atoms with Gasteiger partial charge in [-0.15, -0.1) is 0 Å². The van der Waals surface area contributed by atoms with Crippen molar-refractivity contribution in [3.8, 4) is 5.88 Å². The Balaban J connectivity index is 3.00. The number of nitrogens with zero attached hydrogens (tertiary/aromatic N) is 2. The van der Waals surface area contributed by atoms with Crippen molar-refractivity contribution in [1.29, 1.82) is 0 Å². The number of carboxylic acids is 1. The summed E-state index contributed by atoms with van der Waals surface area (Å²) in [5.41, 5.74) is 0. The highest BCUT2D eigenvalue weighted by Crippen LogP contribution is 2.31. The van der Waals surface area contributed by atoms with Crippen LogP contribution in [0.5, 0.6) is 5.88 Å². The number of carboxylic acid groups (broad SMARTS) is 1. The van der Waals surface area contributed by atoms with Gasteiger partial charge in [0, 0.05) is 20.2 Å². The van der Waals surface area contributed by atoms with Crippen molar-refractivity contribution < 1.29 is 14.6 Å². The van der Waals surface area contributed by atoms with Crippen LogP contribution < -0.4 is 9.64 Å². The van der Waals surface area contributed by atoms with Crippen molar-refractivity contribution in [3.05, 3.63) is 11.0 Å². The maximum atomic E-state index is 10.4. The molecule has 0 aliphatic heterocycles. The van der Waals surface area contributed by atoms with Gasteiger partial charge in [0.2, 0.25) is 5.88 Å². The van der Waals surface area contributed by atoms with E-state index in [1.807, 2.05) is 19.0 Å². The van der Waals surface area contributed by atoms with Gasteiger partial charge in [-0.25, -0.2) is 4.79 Å². The molecule has 1 aromatic heterocycles. The Morgan fingerprint density at radius 2 is 2.27 bits per heavy atom. The van der Waals surface area contributed by atoms with Crippen molar-refractivity contribution in [2.24, 2.45) is 0 Å². The minimum absolute atomic E-state index is 0.446. The normalized spacial score (nSPS) is 10.6. The van der Waals surface area contributed by atoms with E-state index in [4.69, 9.17) is 9.84 Å². The molecule has 0 aliphatic carbocycles. The second-order valence-corrected chi connectivity index (χ2v) is 3.95. The average molecular weight is 228 g/mol. The molecule has 0 bridgehead atoms. The fourth-order valence-electron chi connectivity index (χ4n) is 0.897. The van der Waals surface area contributed by atoms with Gasteiger partial charge in [-0.05, 0) is 6.08 Å². The fourth-order valence-corrected chi connectivity index (χ4v) is 1.76. The number of rotatable bonds is 4. The lowest BCUT2D eigenvalue weighted by molar-refractivity contribution is -0.131. The van der Waals surface area contributed by atoms with Crippen molar-refractivity contribution >= 4 is 28.5 Å². The molecule has 0 amide bonds. The Hall–Kier alpha value is -1.56. The van der Waals surface area contributed by atoms with E-state index in [0.717, 1.165) is 11.2 Å². The highest BCUT2D eigenvalue weighted by Gasteiger charge is 2.10. The molecule has 0 aliphatic rings. The van der Waals surface area contributed by atoms with Gasteiger partial charge in [-0.2, -0.15) is 4.98 Å². The molecule has 15 heavy (non-hydrogen) atoms. The summed E-state index contributed by atoms with van der Waals surface area (Å²) in [6, 6.07) is 0. The zero-order chi connectivity index (χ0) is 11.4. The summed E-state index contributed by atoms with van der Waals surface area (Å²) in [5, 5.41) is 9.28. The third-order valence-corrected chi connectivity index (χ3v) is 2.73. The number of aromatic nitrogens is 1. The van der Waals surface area contributed by atoms with Crippen molar-refractivity contribution in [1.82, 2.24) is 4.98 Å². The highest BCUT2D eigenvalue weighted by molar-refractivity contribution is 7.16. The van der Waals surface area contributed by atoms with Gasteiger partial charge in [0.05, 0.1) is 12.0 Å². The lowest BCUT2D eigenvalue weighted by Crippen LogP contribution is -2.07. The third-order valence-electron chi connectivity index (χ3n) is 1.56. The Morgan fingerprint density at radius 3 is 2.73 bits per heavy atom. The van der Waals surface area contributed by atoms with Crippen molar-refractivity contribution in [2.45, 2.75) is 0 Å². The molecule has 0 radical (unpaired) electrons. The summed E-state index contributed by atoms with van der Waals surface area (Å²) in [7, 11) is 5.23. The number of ether oxygens (including phenoxy) is 1. The number of methoxy groups -OCH3 is 1. The first-order valence-corrected chi connectivity index (χ1v) is 4.99. The first-order chi connectivity index (χ1) is 7.04. The zero-order valence-corrected chi connectivity index (χ0v) is 9.54. The number of anilines is 1. The van der Waals surface area contributed by atoms with Gasteiger partial charge in [-0.3, -0.25) is 0 Å². The van der Waals surface area contributed by atoms with E-state index in [1.54, 1.807) is 0 Å². The SMILES string of the molecule is COc1nc(N(C)C)sc1C=CC(=O)O. The lowest BCUT2D eigenvalue weighted by atomic mass is 10.4. The van der Waals surface area contributed by atoms with Crippen LogP contribution in [0, 0.1) is 0 Å². The van der Waals surface area contributed by atoms with Gasteiger partial charge >= 0.3 is 5.97 Å². The number of aliphatic carboxylic acids is 1. The van der Waals surface area contributed by atoms with Crippen LogP contribution in [0.1, 0.15) is 4.88 Å². The Labute approximate surface area is 91.6 Å². The third kappa shape index (κ3) is 2.95. The van der Waals surface area contributed by atoms with Crippen LogP contribution in [-0.4, -0.2) is 37.3 Å². The van der Waals surface area contributed by atoms with Crippen LogP contribution in [0.3, 0.4) is 0 Å². The first-order valence-electron chi connectivity index (χ1n) is 4.17. The minimum Gasteiger partial charge on any atom is -0.480 e. The van der Waals surface area contributed by atoms with E-state index in [0.29, 0.717) is 10.8 Å². The molecule has 1 heterocycles. The quantitative estimate of drug-likeness (QED) is 0.787. The maximum absolute atomic E-state index is 10.4. The Bertz CT molecular complexity index is 385. The second-order valence-electron chi connectivity index (χ2n) is 2.94. The number of hydrogen-bond donors (Lipinski definition) is 1. The summed E-state index contributed by atoms with van der Waals surface area (Å²) in [5.74, 6) is -0.543. The highest BCUT2D eigenvalue weighted by atomic mass is 32.1. The van der Waals surface area contributed by atoms with Crippen LogP contribution in [0.4, 0.5) is 5.13 Å². The zero-order valence-electron chi connectivity index (χ0n) is 8.72. The molecule has 0 aromatic carbocycles. The lowest BCUT2D eigenvalue weighted by Gasteiger charge is -2.04. The monoisotopic (exact) mass is 228 g/mol. The number of carbonyl (C=O) groups is 1. The van der Waals surface area contributed by atoms with Crippen LogP contribution >= 0.6 is 11.3 Å². The van der Waals surface area contributed by atoms with E-state index in [9.17, 15) is 4.79 Å². The largest absolute Gasteiger partial charge is 0.480 e. The average Bonchev–Trinajstić information content (AvgIpc) is 2.57. The van der Waals surface area contributed by atoms with E-state index in [2.05, 4.69) is 4.98 Å². The fraction of sp³-hybridized carbons (Fsp3) is 0.333. The standard InChI is InChI=1S/C9H12N2O3S/c1-11(2)9-10-8(14-3)6(15-9)4-5-7(12)13/h4-5H,1-3H3,(H,12,13). The molecule has 0 fully saturated rings. The molecule has 5 nitrogen and oxygen atoms in total. The van der Waals surface area contributed by atoms with Crippen LogP contribution in [0.2, 0.25) is 0 Å². The van der Waals surface area contributed by atoms with Crippen LogP contribution in [0.25, 0.3) is 6.08 Å². The van der Waals surface area contributed by atoms with E-state index in [1.165, 1.54) is 24.5 Å². The summed E-state index contributed by atoms with van der Waals surface area (Å²) < 4.78 is 5.04. The molecule has 0 unspecified atom stereocenters. The molecule has 82 valence electrons. The van der Waals surface area contributed by atoms with Gasteiger partial charge in [0.25, 0.3) is 0 Å². The first kappa shape index (κ1) is 11.5. The van der Waals surface area contributed by atoms with Gasteiger partial charge in [0.1, 0.15) is 0 Å². The Morgan fingerprint density at radius 1 is 1.60 bits per heavy atom. The van der Waals surface area contributed by atoms with E-state index >= 15 is 0 Å². The predicted octanol–water partition coefficient (Wildman–Crippen LogP) is 1.32. The molecule has 0 atom stereocenters. The number of thiazole rings is 1. The van der Waals surface area contributed by atoms with Crippen LogP contribution in [-0.2, 0) is 4.79 Å². The predicted molar refractivity (Wildman–Crippen MR) is 59.7 cm³/mol. The van der Waals surface area contributed by atoms with E-state index < -0.39 is 5.97 Å². The van der Waals surface area contributed by atoms with Crippen LogP contribution in [0.15, 0.2) is 6.08 Å². The summed E-state index contributed by atoms with van der Waals surface area (Å²) >= 11 is 1.37. The smallest absolute Gasteiger partial charge is 0.328 e. The maximum Gasteiger partial charge on any atom is 0.328 e. The topological polar surface area (TPSA) is 62.7 Å². The molecule has 0 spiro atoms. The van der Waals surface area contributed by atoms with Crippen molar-refractivity contribution in [2.75, 3.05) is 26.1 Å². The van der Waals surface area contributed by atoms with E-state index in [-0.39, 0.29) is 0 Å². The molecule has 0 saturated carbocycles. The molecular weight excluding hydrogens is 216 g/mol. The van der Waals surface area contributed by atoms with Gasteiger partial charge in [0.15, 0.2) is 5.13 Å². The molecular formula is C9H12N2O3S. The molecule has 1 N–H and O–H groups in total. The summed E-state index contributed by atoms with van der Waals surface area (Å²) in [6.45, 7) is 0. The second kappa shape index (κ2) is 4.79. The molecule has 0 saturated heterocycles. The summed E-state index contributed by atoms with van der Waals surface area (Å²) in [6.07, 6.45) is 2.54. The molecule has 1 aromatic rings. The molecule has 1 rings (SSSR count). The van der Waals surface area contributed by atoms with Gasteiger partial charge in [-0.1, -0.05) is 11.3 Å². The van der Waals surface area contributed by atoms with Gasteiger partial charge < -0.3 is 14.7 Å². The minimum atomic E-state index is -0.989.